The van der Waals surface area contributed by atoms with E-state index < -0.39 is 0 Å². The molecule has 0 unspecified atom stereocenters. The lowest BCUT2D eigenvalue weighted by Gasteiger charge is -2.10. The number of thioether (sulfide) groups is 1. The average Bonchev–Trinajstić information content (AvgIpc) is 2.86. The van der Waals surface area contributed by atoms with Gasteiger partial charge < -0.3 is 15.6 Å². The maximum atomic E-state index is 5.97. The molecule has 0 aliphatic rings. The van der Waals surface area contributed by atoms with Gasteiger partial charge >= 0.3 is 0 Å². The predicted molar refractivity (Wildman–Crippen MR) is 89.2 cm³/mol. The number of H-pyrrole nitrogens is 1. The lowest BCUT2D eigenvalue weighted by molar-refractivity contribution is 0.917. The molecule has 3 rings (SSSR count). The summed E-state index contributed by atoms with van der Waals surface area (Å²) < 4.78 is 0. The molecule has 2 aromatic heterocycles. The van der Waals surface area contributed by atoms with Gasteiger partial charge in [-0.25, -0.2) is 4.98 Å². The number of nitrogens with one attached hydrogen (secondary N) is 1. The highest BCUT2D eigenvalue weighted by atomic mass is 35.5. The molecule has 0 amide bonds. The van der Waals surface area contributed by atoms with Crippen LogP contribution < -0.4 is 10.6 Å². The SMILES string of the molecule is CN(C)c1nc(N)nc(CSc2nc3ccc(Cl)cc3[nH]2)n1. The smallest absolute Gasteiger partial charge is 0.229 e. The quantitative estimate of drug-likeness (QED) is 0.706. The van der Waals surface area contributed by atoms with Crippen molar-refractivity contribution in [2.75, 3.05) is 24.7 Å². The van der Waals surface area contributed by atoms with Crippen molar-refractivity contribution in [2.45, 2.75) is 10.9 Å². The van der Waals surface area contributed by atoms with Crippen LogP contribution >= 0.6 is 23.4 Å². The number of rotatable bonds is 4. The molecule has 114 valence electrons. The fraction of sp³-hybridized carbons (Fsp3) is 0.231. The van der Waals surface area contributed by atoms with Gasteiger partial charge in [-0.1, -0.05) is 23.4 Å². The molecule has 3 aromatic rings. The maximum absolute atomic E-state index is 5.97. The highest BCUT2D eigenvalue weighted by molar-refractivity contribution is 7.98. The van der Waals surface area contributed by atoms with Crippen molar-refractivity contribution in [3.05, 3.63) is 29.0 Å². The Kier molecular flexibility index (Phi) is 4.04. The standard InChI is InChI=1S/C13H14ClN7S/c1-21(2)12-19-10(18-11(15)20-12)6-22-13-16-8-4-3-7(14)5-9(8)17-13/h3-5H,6H2,1-2H3,(H,16,17)(H2,15,18,19,20). The molecule has 3 N–H and O–H groups in total. The second kappa shape index (κ2) is 5.98. The van der Waals surface area contributed by atoms with Gasteiger partial charge in [-0.3, -0.25) is 0 Å². The van der Waals surface area contributed by atoms with Gasteiger partial charge in [0.1, 0.15) is 5.82 Å². The van der Waals surface area contributed by atoms with Gasteiger partial charge in [-0.05, 0) is 18.2 Å². The van der Waals surface area contributed by atoms with Crippen LogP contribution in [-0.2, 0) is 5.75 Å². The molecule has 0 bridgehead atoms. The van der Waals surface area contributed by atoms with E-state index in [-0.39, 0.29) is 5.95 Å². The Bertz CT molecular complexity index is 817. The number of anilines is 2. The molecular weight excluding hydrogens is 322 g/mol. The average molecular weight is 336 g/mol. The van der Waals surface area contributed by atoms with Crippen molar-refractivity contribution in [2.24, 2.45) is 0 Å². The minimum atomic E-state index is 0.214. The van der Waals surface area contributed by atoms with Crippen molar-refractivity contribution in [3.8, 4) is 0 Å². The van der Waals surface area contributed by atoms with Gasteiger partial charge in [0, 0.05) is 19.1 Å². The molecule has 0 saturated heterocycles. The number of aromatic amines is 1. The summed E-state index contributed by atoms with van der Waals surface area (Å²) in [5, 5.41) is 1.45. The lowest BCUT2D eigenvalue weighted by atomic mass is 10.3. The van der Waals surface area contributed by atoms with E-state index in [0.29, 0.717) is 22.5 Å². The van der Waals surface area contributed by atoms with Crippen LogP contribution in [0.5, 0.6) is 0 Å². The summed E-state index contributed by atoms with van der Waals surface area (Å²) in [5.74, 6) is 1.91. The van der Waals surface area contributed by atoms with E-state index in [1.807, 2.05) is 32.3 Å². The number of imidazole rings is 1. The van der Waals surface area contributed by atoms with Gasteiger partial charge in [-0.15, -0.1) is 0 Å². The lowest BCUT2D eigenvalue weighted by Crippen LogP contribution is -2.15. The first-order valence-electron chi connectivity index (χ1n) is 6.47. The van der Waals surface area contributed by atoms with Crippen LogP contribution in [0.3, 0.4) is 0 Å². The number of nitrogens with two attached hydrogens (primary N) is 1. The van der Waals surface area contributed by atoms with Gasteiger partial charge in [0.15, 0.2) is 5.16 Å². The van der Waals surface area contributed by atoms with Crippen LogP contribution in [0.4, 0.5) is 11.9 Å². The summed E-state index contributed by atoms with van der Waals surface area (Å²) in [7, 11) is 3.71. The molecular formula is C13H14ClN7S. The summed E-state index contributed by atoms with van der Waals surface area (Å²) in [6.45, 7) is 0. The Morgan fingerprint density at radius 3 is 2.82 bits per heavy atom. The number of benzene rings is 1. The minimum absolute atomic E-state index is 0.214. The van der Waals surface area contributed by atoms with Gasteiger partial charge in [0.2, 0.25) is 11.9 Å². The summed E-state index contributed by atoms with van der Waals surface area (Å²) >= 11 is 7.46. The summed E-state index contributed by atoms with van der Waals surface area (Å²) in [6, 6.07) is 5.54. The Morgan fingerprint density at radius 2 is 2.05 bits per heavy atom. The first kappa shape index (κ1) is 14.9. The number of halogens is 1. The van der Waals surface area contributed by atoms with E-state index in [0.717, 1.165) is 16.2 Å². The second-order valence-electron chi connectivity index (χ2n) is 4.80. The van der Waals surface area contributed by atoms with Gasteiger partial charge in [-0.2, -0.15) is 15.0 Å². The van der Waals surface area contributed by atoms with Crippen LogP contribution in [-0.4, -0.2) is 39.0 Å². The fourth-order valence-electron chi connectivity index (χ4n) is 1.85. The normalized spacial score (nSPS) is 11.0. The largest absolute Gasteiger partial charge is 0.368 e. The van der Waals surface area contributed by atoms with Gasteiger partial charge in [0.05, 0.1) is 16.8 Å². The van der Waals surface area contributed by atoms with Crippen molar-refractivity contribution >= 4 is 46.3 Å². The number of hydrogen-bond acceptors (Lipinski definition) is 7. The second-order valence-corrected chi connectivity index (χ2v) is 6.20. The Balaban J connectivity index is 1.78. The highest BCUT2D eigenvalue weighted by Crippen LogP contribution is 2.24. The zero-order valence-corrected chi connectivity index (χ0v) is 13.6. The molecule has 0 atom stereocenters. The predicted octanol–water partition coefficient (Wildman–Crippen LogP) is 2.34. The fourth-order valence-corrected chi connectivity index (χ4v) is 2.76. The van der Waals surface area contributed by atoms with Crippen molar-refractivity contribution in [1.82, 2.24) is 24.9 Å². The Hall–Kier alpha value is -2.06. The Morgan fingerprint density at radius 1 is 1.23 bits per heavy atom. The molecule has 1 aromatic carbocycles. The van der Waals surface area contributed by atoms with E-state index in [2.05, 4.69) is 24.9 Å². The zero-order chi connectivity index (χ0) is 15.7. The third-order valence-corrected chi connectivity index (χ3v) is 3.95. The third kappa shape index (κ3) is 3.23. The maximum Gasteiger partial charge on any atom is 0.229 e. The van der Waals surface area contributed by atoms with Crippen molar-refractivity contribution in [3.63, 3.8) is 0 Å². The first-order chi connectivity index (χ1) is 10.5. The zero-order valence-electron chi connectivity index (χ0n) is 12.0. The molecule has 9 heteroatoms. The van der Waals surface area contributed by atoms with Crippen molar-refractivity contribution < 1.29 is 0 Å². The first-order valence-corrected chi connectivity index (χ1v) is 7.83. The van der Waals surface area contributed by atoms with E-state index in [1.165, 1.54) is 11.8 Å². The van der Waals surface area contributed by atoms with E-state index in [9.17, 15) is 0 Å². The molecule has 0 saturated carbocycles. The van der Waals surface area contributed by atoms with Gasteiger partial charge in [0.25, 0.3) is 0 Å². The van der Waals surface area contributed by atoms with Crippen LogP contribution in [0.15, 0.2) is 23.4 Å². The van der Waals surface area contributed by atoms with E-state index in [1.54, 1.807) is 4.90 Å². The molecule has 2 heterocycles. The van der Waals surface area contributed by atoms with Crippen molar-refractivity contribution in [1.29, 1.82) is 0 Å². The molecule has 0 aliphatic carbocycles. The molecule has 0 spiro atoms. The number of aromatic nitrogens is 5. The van der Waals surface area contributed by atoms with Crippen LogP contribution in [0, 0.1) is 0 Å². The summed E-state index contributed by atoms with van der Waals surface area (Å²) in [5.41, 5.74) is 7.48. The molecule has 0 radical (unpaired) electrons. The number of nitrogens with zero attached hydrogens (tertiary/aromatic N) is 5. The summed E-state index contributed by atoms with van der Waals surface area (Å²) in [4.78, 5) is 22.1. The molecule has 0 aliphatic heterocycles. The monoisotopic (exact) mass is 335 g/mol. The Labute approximate surface area is 136 Å². The molecule has 0 fully saturated rings. The minimum Gasteiger partial charge on any atom is -0.368 e. The van der Waals surface area contributed by atoms with E-state index in [4.69, 9.17) is 17.3 Å². The molecule has 7 nitrogen and oxygen atoms in total. The van der Waals surface area contributed by atoms with Crippen LogP contribution in [0.25, 0.3) is 11.0 Å². The van der Waals surface area contributed by atoms with E-state index >= 15 is 0 Å². The topological polar surface area (TPSA) is 96.6 Å². The number of hydrogen-bond donors (Lipinski definition) is 2. The van der Waals surface area contributed by atoms with Crippen LogP contribution in [0.1, 0.15) is 5.82 Å². The molecule has 22 heavy (non-hydrogen) atoms. The number of nitrogen functional groups attached to an aromatic ring is 1. The summed E-state index contributed by atoms with van der Waals surface area (Å²) in [6.07, 6.45) is 0. The highest BCUT2D eigenvalue weighted by Gasteiger charge is 2.09. The number of fused-ring (bicyclic) bond motifs is 1. The van der Waals surface area contributed by atoms with Crippen LogP contribution in [0.2, 0.25) is 5.02 Å². The third-order valence-electron chi connectivity index (χ3n) is 2.85.